The second-order valence-corrected chi connectivity index (χ2v) is 2.83. The molecule has 1 nitrogen and oxygen atoms in total. The Bertz CT molecular complexity index is 92.8. The molecule has 0 aromatic rings. The van der Waals surface area contributed by atoms with E-state index in [4.69, 9.17) is 0 Å². The zero-order valence-electron chi connectivity index (χ0n) is 7.53. The molecule has 0 amide bonds. The zero-order chi connectivity index (χ0) is 8.91. The molecular weight excluding hydrogens is 148 g/mol. The number of nitrogens with zero attached hydrogens (tertiary/aromatic N) is 1. The van der Waals surface area contributed by atoms with E-state index in [1.165, 1.54) is 4.90 Å². The Morgan fingerprint density at radius 3 is 1.64 bits per heavy atom. The van der Waals surface area contributed by atoms with Gasteiger partial charge in [-0.25, -0.2) is 4.90 Å². The van der Waals surface area contributed by atoms with Gasteiger partial charge in [0.2, 0.25) is 0 Å². The summed E-state index contributed by atoms with van der Waals surface area (Å²) in [5, 5.41) is 0. The minimum atomic E-state index is -2.65. The number of rotatable bonds is 5. The van der Waals surface area contributed by atoms with Gasteiger partial charge in [-0.2, -0.15) is 8.78 Å². The summed E-state index contributed by atoms with van der Waals surface area (Å²) in [6, 6.07) is -2.65. The molecule has 0 aliphatic carbocycles. The van der Waals surface area contributed by atoms with E-state index in [1.54, 1.807) is 0 Å². The van der Waals surface area contributed by atoms with Crippen LogP contribution in [0.25, 0.3) is 0 Å². The van der Waals surface area contributed by atoms with Crippen molar-refractivity contribution < 1.29 is 8.78 Å². The Kier molecular flexibility index (Phi) is 4.57. The lowest BCUT2D eigenvalue weighted by Crippen LogP contribution is -2.40. The smallest absolute Gasteiger partial charge is 0.245 e. The lowest BCUT2D eigenvalue weighted by atomic mass is 10.3. The number of hydrogen-bond donors (Lipinski definition) is 0. The molecule has 0 fully saturated rings. The maximum absolute atomic E-state index is 12.7. The second-order valence-electron chi connectivity index (χ2n) is 2.83. The largest absolute Gasteiger partial charge is 0.302 e. The van der Waals surface area contributed by atoms with Gasteiger partial charge in [-0.3, -0.25) is 0 Å². The summed E-state index contributed by atoms with van der Waals surface area (Å²) in [5.41, 5.74) is 0. The van der Waals surface area contributed by atoms with Crippen molar-refractivity contribution in [3.8, 4) is 0 Å². The average molecular weight is 165 g/mol. The van der Waals surface area contributed by atoms with E-state index >= 15 is 0 Å². The van der Waals surface area contributed by atoms with Crippen LogP contribution in [-0.4, -0.2) is 24.0 Å². The van der Waals surface area contributed by atoms with Gasteiger partial charge in [0.25, 0.3) is 0 Å². The molecule has 0 spiro atoms. The molecule has 0 radical (unpaired) electrons. The van der Waals surface area contributed by atoms with E-state index < -0.39 is 6.05 Å². The minimum absolute atomic E-state index is 0.483. The molecule has 68 valence electrons. The highest BCUT2D eigenvalue weighted by Crippen LogP contribution is 2.18. The monoisotopic (exact) mass is 165 g/mol. The third kappa shape index (κ3) is 4.30. The molecular formula is C8H17F2N. The first-order chi connectivity index (χ1) is 5.02. The molecule has 0 heterocycles. The summed E-state index contributed by atoms with van der Waals surface area (Å²) >= 11 is 0. The Balaban J connectivity index is 3.88. The first-order valence-electron chi connectivity index (χ1n) is 4.15. The average Bonchev–Trinajstić information content (AvgIpc) is 1.85. The topological polar surface area (TPSA) is 3.24 Å². The van der Waals surface area contributed by atoms with Crippen LogP contribution in [0.5, 0.6) is 0 Å². The van der Waals surface area contributed by atoms with E-state index in [2.05, 4.69) is 0 Å². The van der Waals surface area contributed by atoms with Crippen molar-refractivity contribution in [3.63, 3.8) is 0 Å². The van der Waals surface area contributed by atoms with E-state index in [-0.39, 0.29) is 0 Å². The molecule has 0 aromatic heterocycles. The van der Waals surface area contributed by atoms with E-state index in [0.717, 1.165) is 19.8 Å². The molecule has 0 saturated heterocycles. The quantitative estimate of drug-likeness (QED) is 0.566. The van der Waals surface area contributed by atoms with Crippen LogP contribution in [0.1, 0.15) is 33.6 Å². The van der Waals surface area contributed by atoms with Crippen molar-refractivity contribution in [2.24, 2.45) is 0 Å². The normalized spacial score (nSPS) is 12.5. The van der Waals surface area contributed by atoms with Crippen molar-refractivity contribution in [3.05, 3.63) is 0 Å². The first-order valence-corrected chi connectivity index (χ1v) is 4.15. The van der Waals surface area contributed by atoms with Gasteiger partial charge in [0.05, 0.1) is 0 Å². The predicted molar refractivity (Wildman–Crippen MR) is 42.8 cm³/mol. The van der Waals surface area contributed by atoms with Gasteiger partial charge >= 0.3 is 6.05 Å². The van der Waals surface area contributed by atoms with Crippen LogP contribution in [0.4, 0.5) is 8.78 Å². The van der Waals surface area contributed by atoms with E-state index in [1.807, 2.05) is 13.8 Å². The molecule has 0 unspecified atom stereocenters. The summed E-state index contributed by atoms with van der Waals surface area (Å²) in [7, 11) is 0. The molecule has 11 heavy (non-hydrogen) atoms. The second kappa shape index (κ2) is 4.65. The molecule has 3 heteroatoms. The van der Waals surface area contributed by atoms with Gasteiger partial charge in [0, 0.05) is 20.0 Å². The standard InChI is InChI=1S/C8H17F2N/c1-4-6-11(7-5-2)8(3,9)10/h4-7H2,1-3H3. The molecule has 0 aromatic carbocycles. The Hall–Kier alpha value is -0.180. The molecule has 0 aliphatic rings. The highest BCUT2D eigenvalue weighted by atomic mass is 19.3. The van der Waals surface area contributed by atoms with Crippen molar-refractivity contribution in [1.82, 2.24) is 4.90 Å². The van der Waals surface area contributed by atoms with Gasteiger partial charge in [0.15, 0.2) is 0 Å². The summed E-state index contributed by atoms with van der Waals surface area (Å²) in [5.74, 6) is 0. The van der Waals surface area contributed by atoms with Crippen LogP contribution >= 0.6 is 0 Å². The molecule has 0 atom stereocenters. The summed E-state index contributed by atoms with van der Waals surface area (Å²) < 4.78 is 25.4. The lowest BCUT2D eigenvalue weighted by Gasteiger charge is -2.27. The maximum Gasteiger partial charge on any atom is 0.302 e. The summed E-state index contributed by atoms with van der Waals surface area (Å²) in [4.78, 5) is 1.22. The zero-order valence-corrected chi connectivity index (χ0v) is 7.53. The van der Waals surface area contributed by atoms with E-state index in [9.17, 15) is 8.78 Å². The fraction of sp³-hybridized carbons (Fsp3) is 1.00. The highest BCUT2D eigenvalue weighted by molar-refractivity contribution is 4.62. The van der Waals surface area contributed by atoms with Gasteiger partial charge in [0.1, 0.15) is 0 Å². The Morgan fingerprint density at radius 1 is 1.09 bits per heavy atom. The molecule has 0 saturated carbocycles. The molecule has 0 rings (SSSR count). The van der Waals surface area contributed by atoms with Crippen LogP contribution in [0.3, 0.4) is 0 Å². The molecule has 0 bridgehead atoms. The van der Waals surface area contributed by atoms with Crippen LogP contribution < -0.4 is 0 Å². The minimum Gasteiger partial charge on any atom is -0.245 e. The SMILES string of the molecule is CCCN(CCC)C(C)(F)F. The van der Waals surface area contributed by atoms with Gasteiger partial charge in [-0.15, -0.1) is 0 Å². The number of hydrogen-bond acceptors (Lipinski definition) is 1. The first kappa shape index (κ1) is 10.8. The fourth-order valence-corrected chi connectivity index (χ4v) is 1.04. The van der Waals surface area contributed by atoms with Crippen LogP contribution in [-0.2, 0) is 0 Å². The fourth-order valence-electron chi connectivity index (χ4n) is 1.04. The number of alkyl halides is 2. The van der Waals surface area contributed by atoms with Crippen LogP contribution in [0, 0.1) is 0 Å². The van der Waals surface area contributed by atoms with E-state index in [0.29, 0.717) is 13.1 Å². The Labute approximate surface area is 67.4 Å². The van der Waals surface area contributed by atoms with Crippen molar-refractivity contribution >= 4 is 0 Å². The van der Waals surface area contributed by atoms with Crippen LogP contribution in [0.15, 0.2) is 0 Å². The number of halogens is 2. The molecule has 0 N–H and O–H groups in total. The van der Waals surface area contributed by atoms with Crippen molar-refractivity contribution in [2.75, 3.05) is 13.1 Å². The van der Waals surface area contributed by atoms with Gasteiger partial charge in [-0.05, 0) is 12.8 Å². The summed E-state index contributed by atoms with van der Waals surface area (Å²) in [6.07, 6.45) is 1.56. The third-order valence-corrected chi connectivity index (χ3v) is 1.54. The summed E-state index contributed by atoms with van der Waals surface area (Å²) in [6.45, 7) is 5.75. The van der Waals surface area contributed by atoms with Crippen LogP contribution in [0.2, 0.25) is 0 Å². The van der Waals surface area contributed by atoms with Gasteiger partial charge in [-0.1, -0.05) is 13.8 Å². The lowest BCUT2D eigenvalue weighted by molar-refractivity contribution is -0.130. The van der Waals surface area contributed by atoms with Crippen molar-refractivity contribution in [1.29, 1.82) is 0 Å². The highest BCUT2D eigenvalue weighted by Gasteiger charge is 2.28. The van der Waals surface area contributed by atoms with Gasteiger partial charge < -0.3 is 0 Å². The predicted octanol–water partition coefficient (Wildman–Crippen LogP) is 2.72. The molecule has 0 aliphatic heterocycles. The third-order valence-electron chi connectivity index (χ3n) is 1.54. The Morgan fingerprint density at radius 2 is 1.45 bits per heavy atom. The maximum atomic E-state index is 12.7. The van der Waals surface area contributed by atoms with Crippen molar-refractivity contribution in [2.45, 2.75) is 39.7 Å².